The number of carbonyl (C=O) groups is 2. The molecule has 1 saturated heterocycles. The van der Waals surface area contributed by atoms with Crippen LogP contribution in [0.4, 0.5) is 5.69 Å². The van der Waals surface area contributed by atoms with Gasteiger partial charge in [-0.1, -0.05) is 17.7 Å². The summed E-state index contributed by atoms with van der Waals surface area (Å²) in [5, 5.41) is 6.81. The molecule has 126 valence electrons. The molecule has 7 heteroatoms. The molecule has 1 unspecified atom stereocenters. The van der Waals surface area contributed by atoms with Gasteiger partial charge in [-0.25, -0.2) is 4.98 Å². The van der Waals surface area contributed by atoms with Gasteiger partial charge in [0.15, 0.2) is 0 Å². The molecule has 24 heavy (non-hydrogen) atoms. The van der Waals surface area contributed by atoms with E-state index in [1.54, 1.807) is 15.9 Å². The summed E-state index contributed by atoms with van der Waals surface area (Å²) in [5.74, 6) is -0.186. The molecule has 1 aliphatic heterocycles. The van der Waals surface area contributed by atoms with Gasteiger partial charge in [-0.05, 0) is 31.9 Å². The van der Waals surface area contributed by atoms with E-state index in [9.17, 15) is 9.59 Å². The lowest BCUT2D eigenvalue weighted by atomic mass is 10.0. The number of nitrogens with zero attached hydrogens (tertiary/aromatic N) is 4. The van der Waals surface area contributed by atoms with E-state index in [1.165, 1.54) is 6.33 Å². The van der Waals surface area contributed by atoms with Crippen LogP contribution in [0.1, 0.15) is 24.8 Å². The molecule has 1 aromatic carbocycles. The first-order valence-electron chi connectivity index (χ1n) is 8.13. The SMILES string of the molecule is Cc1ccc(N2CCCC(NC(=O)CCn3cncn3)C2=O)cc1. The third-order valence-electron chi connectivity index (χ3n) is 4.15. The summed E-state index contributed by atoms with van der Waals surface area (Å²) in [6.07, 6.45) is 4.82. The topological polar surface area (TPSA) is 80.1 Å². The monoisotopic (exact) mass is 327 g/mol. The van der Waals surface area contributed by atoms with Gasteiger partial charge >= 0.3 is 0 Å². The van der Waals surface area contributed by atoms with Gasteiger partial charge in [-0.15, -0.1) is 0 Å². The Morgan fingerprint density at radius 2 is 2.12 bits per heavy atom. The lowest BCUT2D eigenvalue weighted by molar-refractivity contribution is -0.128. The number of piperidine rings is 1. The highest BCUT2D eigenvalue weighted by molar-refractivity contribution is 5.99. The molecule has 3 rings (SSSR count). The zero-order valence-electron chi connectivity index (χ0n) is 13.7. The smallest absolute Gasteiger partial charge is 0.249 e. The van der Waals surface area contributed by atoms with Gasteiger partial charge in [-0.2, -0.15) is 5.10 Å². The Labute approximate surface area is 140 Å². The second-order valence-corrected chi connectivity index (χ2v) is 6.00. The normalized spacial score (nSPS) is 17.8. The first-order valence-corrected chi connectivity index (χ1v) is 8.13. The van der Waals surface area contributed by atoms with Gasteiger partial charge in [0.1, 0.15) is 18.7 Å². The van der Waals surface area contributed by atoms with Crippen LogP contribution >= 0.6 is 0 Å². The van der Waals surface area contributed by atoms with Crippen LogP contribution in [0.15, 0.2) is 36.9 Å². The highest BCUT2D eigenvalue weighted by Crippen LogP contribution is 2.21. The highest BCUT2D eigenvalue weighted by atomic mass is 16.2. The van der Waals surface area contributed by atoms with Crippen LogP contribution in [-0.4, -0.2) is 39.2 Å². The van der Waals surface area contributed by atoms with E-state index in [-0.39, 0.29) is 18.2 Å². The Morgan fingerprint density at radius 3 is 2.83 bits per heavy atom. The van der Waals surface area contributed by atoms with Crippen molar-refractivity contribution in [3.63, 3.8) is 0 Å². The number of aryl methyl sites for hydroxylation is 2. The highest BCUT2D eigenvalue weighted by Gasteiger charge is 2.30. The van der Waals surface area contributed by atoms with E-state index in [0.717, 1.165) is 17.7 Å². The third kappa shape index (κ3) is 3.79. The summed E-state index contributed by atoms with van der Waals surface area (Å²) in [4.78, 5) is 30.4. The Bertz CT molecular complexity index is 696. The second-order valence-electron chi connectivity index (χ2n) is 6.00. The van der Waals surface area contributed by atoms with Gasteiger partial charge in [0.25, 0.3) is 0 Å². The van der Waals surface area contributed by atoms with Crippen LogP contribution in [0.25, 0.3) is 0 Å². The number of anilines is 1. The number of hydrogen-bond acceptors (Lipinski definition) is 4. The largest absolute Gasteiger partial charge is 0.344 e. The number of rotatable bonds is 5. The molecule has 0 saturated carbocycles. The van der Waals surface area contributed by atoms with Crippen molar-refractivity contribution in [1.82, 2.24) is 20.1 Å². The standard InChI is InChI=1S/C17H21N5O2/c1-13-4-6-14(7-5-13)22-9-2-3-15(17(22)24)20-16(23)8-10-21-12-18-11-19-21/h4-7,11-12,15H,2-3,8-10H2,1H3,(H,20,23). The predicted octanol–water partition coefficient (Wildman–Crippen LogP) is 1.29. The van der Waals surface area contributed by atoms with E-state index in [1.807, 2.05) is 31.2 Å². The molecule has 2 heterocycles. The van der Waals surface area contributed by atoms with Crippen molar-refractivity contribution in [1.29, 1.82) is 0 Å². The fourth-order valence-electron chi connectivity index (χ4n) is 2.82. The summed E-state index contributed by atoms with van der Waals surface area (Å²) in [6, 6.07) is 7.42. The molecule has 2 amide bonds. The molecule has 0 radical (unpaired) electrons. The van der Waals surface area contributed by atoms with Crippen LogP contribution in [-0.2, 0) is 16.1 Å². The van der Waals surface area contributed by atoms with E-state index in [4.69, 9.17) is 0 Å². The Kier molecular flexibility index (Phi) is 4.88. The van der Waals surface area contributed by atoms with E-state index in [0.29, 0.717) is 19.5 Å². The molecule has 1 aliphatic rings. The van der Waals surface area contributed by atoms with Crippen LogP contribution in [0.5, 0.6) is 0 Å². The molecule has 7 nitrogen and oxygen atoms in total. The van der Waals surface area contributed by atoms with Gasteiger partial charge in [0, 0.05) is 18.7 Å². The molecule has 2 aromatic rings. The molecule has 1 fully saturated rings. The van der Waals surface area contributed by atoms with Crippen LogP contribution in [0.3, 0.4) is 0 Å². The minimum atomic E-state index is -0.455. The third-order valence-corrected chi connectivity index (χ3v) is 4.15. The molecular formula is C17H21N5O2. The average molecular weight is 327 g/mol. The van der Waals surface area contributed by atoms with Crippen molar-refractivity contribution in [2.24, 2.45) is 0 Å². The molecule has 0 spiro atoms. The Morgan fingerprint density at radius 1 is 1.33 bits per heavy atom. The molecule has 0 aliphatic carbocycles. The van der Waals surface area contributed by atoms with E-state index in [2.05, 4.69) is 15.4 Å². The summed E-state index contributed by atoms with van der Waals surface area (Å²) in [6.45, 7) is 3.15. The Hall–Kier alpha value is -2.70. The first-order chi connectivity index (χ1) is 11.6. The number of nitrogens with one attached hydrogen (secondary N) is 1. The molecular weight excluding hydrogens is 306 g/mol. The molecule has 1 N–H and O–H groups in total. The molecule has 1 aromatic heterocycles. The number of carbonyl (C=O) groups excluding carboxylic acids is 2. The fraction of sp³-hybridized carbons (Fsp3) is 0.412. The Balaban J connectivity index is 1.58. The number of hydrogen-bond donors (Lipinski definition) is 1. The van der Waals surface area contributed by atoms with Gasteiger partial charge in [0.05, 0.1) is 6.54 Å². The van der Waals surface area contributed by atoms with Gasteiger partial charge in [-0.3, -0.25) is 14.3 Å². The van der Waals surface area contributed by atoms with Crippen LogP contribution in [0, 0.1) is 6.92 Å². The average Bonchev–Trinajstić information content (AvgIpc) is 3.09. The quantitative estimate of drug-likeness (QED) is 0.897. The maximum Gasteiger partial charge on any atom is 0.249 e. The van der Waals surface area contributed by atoms with Crippen LogP contribution in [0.2, 0.25) is 0 Å². The predicted molar refractivity (Wildman–Crippen MR) is 89.3 cm³/mol. The number of benzene rings is 1. The lowest BCUT2D eigenvalue weighted by Gasteiger charge is -2.32. The van der Waals surface area contributed by atoms with E-state index < -0.39 is 6.04 Å². The summed E-state index contributed by atoms with van der Waals surface area (Å²) < 4.78 is 1.60. The summed E-state index contributed by atoms with van der Waals surface area (Å²) >= 11 is 0. The van der Waals surface area contributed by atoms with Crippen molar-refractivity contribution >= 4 is 17.5 Å². The maximum absolute atomic E-state index is 12.7. The molecule has 0 bridgehead atoms. The van der Waals surface area contributed by atoms with Crippen molar-refractivity contribution in [3.05, 3.63) is 42.5 Å². The fourth-order valence-corrected chi connectivity index (χ4v) is 2.82. The van der Waals surface area contributed by atoms with E-state index >= 15 is 0 Å². The van der Waals surface area contributed by atoms with Gasteiger partial charge in [0.2, 0.25) is 11.8 Å². The summed E-state index contributed by atoms with van der Waals surface area (Å²) in [5.41, 5.74) is 2.04. The number of amides is 2. The minimum absolute atomic E-state index is 0.0424. The maximum atomic E-state index is 12.7. The molecule has 1 atom stereocenters. The van der Waals surface area contributed by atoms with Crippen LogP contribution < -0.4 is 10.2 Å². The summed E-state index contributed by atoms with van der Waals surface area (Å²) in [7, 11) is 0. The van der Waals surface area contributed by atoms with Crippen molar-refractivity contribution in [2.75, 3.05) is 11.4 Å². The van der Waals surface area contributed by atoms with Crippen molar-refractivity contribution in [3.8, 4) is 0 Å². The zero-order chi connectivity index (χ0) is 16.9. The zero-order valence-corrected chi connectivity index (χ0v) is 13.7. The first kappa shape index (κ1) is 16.2. The van der Waals surface area contributed by atoms with Crippen molar-refractivity contribution in [2.45, 2.75) is 38.8 Å². The minimum Gasteiger partial charge on any atom is -0.344 e. The lowest BCUT2D eigenvalue weighted by Crippen LogP contribution is -2.52. The van der Waals surface area contributed by atoms with Crippen molar-refractivity contribution < 1.29 is 9.59 Å². The van der Waals surface area contributed by atoms with Gasteiger partial charge < -0.3 is 10.2 Å². The second kappa shape index (κ2) is 7.25. The number of aromatic nitrogens is 3.